The Morgan fingerprint density at radius 1 is 1.11 bits per heavy atom. The number of rotatable bonds is 9. The number of fused-ring (bicyclic) bond motifs is 2. The number of unbranched alkanes of at least 4 members (excludes halogenated alkanes) is 3. The van der Waals surface area contributed by atoms with Crippen LogP contribution in [0.25, 0.3) is 0 Å². The highest BCUT2D eigenvalue weighted by atomic mass is 16.2. The Balaban J connectivity index is 1.42. The summed E-state index contributed by atoms with van der Waals surface area (Å²) in [7, 11) is 0. The van der Waals surface area contributed by atoms with E-state index in [4.69, 9.17) is 0 Å². The molecule has 27 heavy (non-hydrogen) atoms. The maximum absolute atomic E-state index is 12.7. The second kappa shape index (κ2) is 9.02. The molecule has 2 aliphatic heterocycles. The Labute approximate surface area is 160 Å². The third-order valence-electron chi connectivity index (χ3n) is 5.41. The molecule has 146 valence electrons. The van der Waals surface area contributed by atoms with E-state index in [0.717, 1.165) is 49.8 Å². The lowest BCUT2D eigenvalue weighted by atomic mass is 9.95. The number of hydrogen-bond acceptors (Lipinski definition) is 3. The van der Waals surface area contributed by atoms with Crippen molar-refractivity contribution in [3.05, 3.63) is 35.4 Å². The lowest BCUT2D eigenvalue weighted by molar-refractivity contribution is -0.128. The molecule has 0 aliphatic carbocycles. The SMILES string of the molecule is CCCCNC(=O)CCCCCN1C(=O)[C@@H]2Cc3ccccc3CN2C1=O. The first-order chi connectivity index (χ1) is 13.1. The predicted molar refractivity (Wildman–Crippen MR) is 103 cm³/mol. The Morgan fingerprint density at radius 2 is 1.89 bits per heavy atom. The van der Waals surface area contributed by atoms with E-state index in [0.29, 0.717) is 25.9 Å². The van der Waals surface area contributed by atoms with Gasteiger partial charge in [0.25, 0.3) is 5.91 Å². The lowest BCUT2D eigenvalue weighted by Crippen LogP contribution is -2.39. The van der Waals surface area contributed by atoms with Crippen LogP contribution >= 0.6 is 0 Å². The van der Waals surface area contributed by atoms with Crippen LogP contribution in [0.1, 0.15) is 56.6 Å². The summed E-state index contributed by atoms with van der Waals surface area (Å²) in [5, 5.41) is 2.91. The van der Waals surface area contributed by atoms with Gasteiger partial charge in [-0.15, -0.1) is 0 Å². The lowest BCUT2D eigenvalue weighted by Gasteiger charge is -2.28. The summed E-state index contributed by atoms with van der Waals surface area (Å²) in [5.41, 5.74) is 2.29. The molecule has 4 amide bonds. The van der Waals surface area contributed by atoms with Crippen molar-refractivity contribution in [2.45, 2.75) is 64.5 Å². The number of amides is 4. The molecule has 1 atom stereocenters. The molecule has 2 aliphatic rings. The van der Waals surface area contributed by atoms with Gasteiger partial charge in [0.1, 0.15) is 6.04 Å². The van der Waals surface area contributed by atoms with Gasteiger partial charge in [-0.25, -0.2) is 4.79 Å². The summed E-state index contributed by atoms with van der Waals surface area (Å²) in [6.07, 6.45) is 5.56. The molecule has 0 saturated carbocycles. The zero-order chi connectivity index (χ0) is 19.2. The smallest absolute Gasteiger partial charge is 0.327 e. The van der Waals surface area contributed by atoms with Gasteiger partial charge in [-0.05, 0) is 30.4 Å². The first-order valence-corrected chi connectivity index (χ1v) is 10.1. The van der Waals surface area contributed by atoms with Crippen LogP contribution in [-0.4, -0.2) is 46.8 Å². The molecule has 1 N–H and O–H groups in total. The van der Waals surface area contributed by atoms with Crippen LogP contribution in [0.2, 0.25) is 0 Å². The molecule has 1 aromatic carbocycles. The fraction of sp³-hybridized carbons (Fsp3) is 0.571. The summed E-state index contributed by atoms with van der Waals surface area (Å²) in [6.45, 7) is 3.79. The number of nitrogens with zero attached hydrogens (tertiary/aromatic N) is 2. The van der Waals surface area contributed by atoms with Gasteiger partial charge in [0, 0.05) is 32.5 Å². The highest BCUT2D eigenvalue weighted by Crippen LogP contribution is 2.30. The summed E-state index contributed by atoms with van der Waals surface area (Å²) < 4.78 is 0. The monoisotopic (exact) mass is 371 g/mol. The molecule has 1 saturated heterocycles. The topological polar surface area (TPSA) is 69.7 Å². The summed E-state index contributed by atoms with van der Waals surface area (Å²) in [5.74, 6) is 0.0125. The Morgan fingerprint density at radius 3 is 2.67 bits per heavy atom. The van der Waals surface area contributed by atoms with Crippen molar-refractivity contribution < 1.29 is 14.4 Å². The number of urea groups is 1. The maximum Gasteiger partial charge on any atom is 0.327 e. The highest BCUT2D eigenvalue weighted by molar-refractivity contribution is 6.04. The minimum Gasteiger partial charge on any atom is -0.356 e. The van der Waals surface area contributed by atoms with Gasteiger partial charge < -0.3 is 10.2 Å². The van der Waals surface area contributed by atoms with Crippen molar-refractivity contribution in [2.75, 3.05) is 13.1 Å². The molecular weight excluding hydrogens is 342 g/mol. The van der Waals surface area contributed by atoms with Crippen molar-refractivity contribution in [3.63, 3.8) is 0 Å². The predicted octanol–water partition coefficient (Wildman–Crippen LogP) is 2.85. The number of nitrogens with one attached hydrogen (secondary N) is 1. The van der Waals surface area contributed by atoms with Crippen molar-refractivity contribution >= 4 is 17.8 Å². The van der Waals surface area contributed by atoms with Gasteiger partial charge in [0.2, 0.25) is 5.91 Å². The standard InChI is InChI=1S/C21H29N3O3/c1-2-3-12-22-19(25)11-5-4-8-13-23-20(26)18-14-16-9-6-7-10-17(16)15-24(18)21(23)27/h6-7,9-10,18H,2-5,8,11-15H2,1H3,(H,22,25)/t18-/m0/s1. The molecule has 1 fully saturated rings. The summed E-state index contributed by atoms with van der Waals surface area (Å²) in [4.78, 5) is 40.1. The maximum atomic E-state index is 12.7. The average Bonchev–Trinajstić information content (AvgIpc) is 2.90. The molecule has 3 rings (SSSR count). The van der Waals surface area contributed by atoms with Gasteiger partial charge in [-0.1, -0.05) is 44.0 Å². The second-order valence-electron chi connectivity index (χ2n) is 7.40. The summed E-state index contributed by atoms with van der Waals surface area (Å²) in [6, 6.07) is 7.49. The van der Waals surface area contributed by atoms with Crippen molar-refractivity contribution in [2.24, 2.45) is 0 Å². The van der Waals surface area contributed by atoms with Gasteiger partial charge in [0.15, 0.2) is 0 Å². The van der Waals surface area contributed by atoms with Crippen LogP contribution in [0.15, 0.2) is 24.3 Å². The molecule has 6 nitrogen and oxygen atoms in total. The van der Waals surface area contributed by atoms with E-state index in [2.05, 4.69) is 12.2 Å². The number of imide groups is 1. The van der Waals surface area contributed by atoms with E-state index in [-0.39, 0.29) is 23.9 Å². The first-order valence-electron chi connectivity index (χ1n) is 10.1. The third-order valence-corrected chi connectivity index (χ3v) is 5.41. The van der Waals surface area contributed by atoms with Crippen LogP contribution in [0, 0.1) is 0 Å². The van der Waals surface area contributed by atoms with Gasteiger partial charge >= 0.3 is 6.03 Å². The summed E-state index contributed by atoms with van der Waals surface area (Å²) >= 11 is 0. The normalized spacial score (nSPS) is 18.5. The Hall–Kier alpha value is -2.37. The number of carbonyl (C=O) groups is 3. The van der Waals surface area contributed by atoms with Gasteiger partial charge in [0.05, 0.1) is 0 Å². The van der Waals surface area contributed by atoms with E-state index in [1.165, 1.54) is 4.90 Å². The van der Waals surface area contributed by atoms with Gasteiger partial charge in [-0.3, -0.25) is 14.5 Å². The molecule has 0 aromatic heterocycles. The fourth-order valence-electron chi connectivity index (χ4n) is 3.80. The minimum absolute atomic E-state index is 0.0770. The van der Waals surface area contributed by atoms with Gasteiger partial charge in [-0.2, -0.15) is 0 Å². The molecule has 2 heterocycles. The zero-order valence-corrected chi connectivity index (χ0v) is 16.1. The Bertz CT molecular complexity index is 661. The average molecular weight is 371 g/mol. The molecule has 0 spiro atoms. The number of carbonyl (C=O) groups excluding carboxylic acids is 3. The highest BCUT2D eigenvalue weighted by Gasteiger charge is 2.46. The molecule has 6 heteroatoms. The van der Waals surface area contributed by atoms with Crippen molar-refractivity contribution in [3.8, 4) is 0 Å². The van der Waals surface area contributed by atoms with Crippen LogP contribution in [0.3, 0.4) is 0 Å². The first kappa shape index (κ1) is 19.4. The molecule has 0 radical (unpaired) electrons. The Kier molecular flexibility index (Phi) is 6.48. The molecule has 0 unspecified atom stereocenters. The molecule has 1 aromatic rings. The van der Waals surface area contributed by atoms with E-state index in [9.17, 15) is 14.4 Å². The fourth-order valence-corrected chi connectivity index (χ4v) is 3.80. The van der Waals surface area contributed by atoms with E-state index < -0.39 is 0 Å². The molecule has 0 bridgehead atoms. The van der Waals surface area contributed by atoms with Crippen LogP contribution < -0.4 is 5.32 Å². The van der Waals surface area contributed by atoms with Crippen molar-refractivity contribution in [1.82, 2.24) is 15.1 Å². The number of benzene rings is 1. The van der Waals surface area contributed by atoms with E-state index in [1.807, 2.05) is 24.3 Å². The zero-order valence-electron chi connectivity index (χ0n) is 16.1. The van der Waals surface area contributed by atoms with Crippen LogP contribution in [0.4, 0.5) is 4.79 Å². The quantitative estimate of drug-likeness (QED) is 0.536. The van der Waals surface area contributed by atoms with E-state index >= 15 is 0 Å². The van der Waals surface area contributed by atoms with E-state index in [1.54, 1.807) is 4.90 Å². The van der Waals surface area contributed by atoms with Crippen molar-refractivity contribution in [1.29, 1.82) is 0 Å². The second-order valence-corrected chi connectivity index (χ2v) is 7.40. The number of hydrogen-bond donors (Lipinski definition) is 1. The molecular formula is C21H29N3O3. The third kappa shape index (κ3) is 4.49. The largest absolute Gasteiger partial charge is 0.356 e. The minimum atomic E-state index is -0.350. The van der Waals surface area contributed by atoms with Crippen LogP contribution in [0.5, 0.6) is 0 Å². The van der Waals surface area contributed by atoms with Crippen LogP contribution in [-0.2, 0) is 22.6 Å².